The van der Waals surface area contributed by atoms with Gasteiger partial charge in [-0.1, -0.05) is 153 Å². The number of rotatable bonds is 8. The molecule has 304 valence electrons. The number of allylic oxidation sites excluding steroid dienone is 1. The Morgan fingerprint density at radius 3 is 1.73 bits per heavy atom. The summed E-state index contributed by atoms with van der Waals surface area (Å²) in [6.07, 6.45) is 2.15. The molecule has 2 aromatic heterocycles. The van der Waals surface area contributed by atoms with Gasteiger partial charge in [0.15, 0.2) is 0 Å². The second-order valence-corrected chi connectivity index (χ2v) is 15.7. The highest BCUT2D eigenvalue weighted by Crippen LogP contribution is 2.41. The van der Waals surface area contributed by atoms with Crippen molar-refractivity contribution in [1.29, 1.82) is 0 Å². The van der Waals surface area contributed by atoms with Gasteiger partial charge in [0.2, 0.25) is 0 Å². The fourth-order valence-electron chi connectivity index (χ4n) is 9.09. The number of benzene rings is 9. The van der Waals surface area contributed by atoms with E-state index in [4.69, 9.17) is 4.42 Å². The van der Waals surface area contributed by atoms with Crippen LogP contribution in [-0.2, 0) is 0 Å². The zero-order chi connectivity index (χ0) is 42.9. The number of anilines is 3. The summed E-state index contributed by atoms with van der Waals surface area (Å²) >= 11 is 0. The van der Waals surface area contributed by atoms with E-state index in [9.17, 15) is 0 Å². The van der Waals surface area contributed by atoms with Crippen molar-refractivity contribution < 1.29 is 4.42 Å². The number of hydrogen-bond donors (Lipinski definition) is 0. The lowest BCUT2D eigenvalue weighted by Gasteiger charge is -2.26. The highest BCUT2D eigenvalue weighted by atomic mass is 16.3. The van der Waals surface area contributed by atoms with Crippen LogP contribution in [0.4, 0.5) is 17.1 Å². The molecule has 0 fully saturated rings. The quantitative estimate of drug-likeness (QED) is 0.152. The molecule has 63 heavy (non-hydrogen) atoms. The van der Waals surface area contributed by atoms with E-state index >= 15 is 0 Å². The van der Waals surface area contributed by atoms with Crippen LogP contribution in [0.25, 0.3) is 77.1 Å². The summed E-state index contributed by atoms with van der Waals surface area (Å²) in [6.45, 7) is 8.23. The topological polar surface area (TPSA) is 21.3 Å². The molecule has 0 aliphatic heterocycles. The van der Waals surface area contributed by atoms with Crippen molar-refractivity contribution in [2.75, 3.05) is 4.90 Å². The second-order valence-electron chi connectivity index (χ2n) is 15.7. The second kappa shape index (κ2) is 16.9. The summed E-state index contributed by atoms with van der Waals surface area (Å²) in [4.78, 5) is 2.35. The van der Waals surface area contributed by atoms with Gasteiger partial charge < -0.3 is 13.9 Å². The van der Waals surface area contributed by atoms with E-state index in [2.05, 4.69) is 230 Å². The molecule has 0 spiro atoms. The predicted molar refractivity (Wildman–Crippen MR) is 269 cm³/mol. The maximum Gasteiger partial charge on any atom is 0.138 e. The summed E-state index contributed by atoms with van der Waals surface area (Å²) in [7, 11) is 0. The fourth-order valence-corrected chi connectivity index (χ4v) is 9.09. The predicted octanol–water partition coefficient (Wildman–Crippen LogP) is 17.3. The van der Waals surface area contributed by atoms with Crippen molar-refractivity contribution in [2.45, 2.75) is 27.7 Å². The molecule has 0 aliphatic rings. The van der Waals surface area contributed by atoms with Gasteiger partial charge >= 0.3 is 0 Å². The summed E-state index contributed by atoms with van der Waals surface area (Å²) < 4.78 is 8.79. The lowest BCUT2D eigenvalue weighted by Crippen LogP contribution is -2.10. The normalized spacial score (nSPS) is 11.6. The number of aromatic nitrogens is 1. The average Bonchev–Trinajstić information content (AvgIpc) is 3.87. The molecule has 0 bridgehead atoms. The van der Waals surface area contributed by atoms with Gasteiger partial charge in [0.05, 0.1) is 11.0 Å². The van der Waals surface area contributed by atoms with Crippen LogP contribution in [0.15, 0.2) is 223 Å². The van der Waals surface area contributed by atoms with Crippen LogP contribution in [0.1, 0.15) is 37.7 Å². The van der Waals surface area contributed by atoms with Crippen LogP contribution in [0.5, 0.6) is 0 Å². The molecule has 2 heterocycles. The molecule has 0 atom stereocenters. The molecule has 11 aromatic rings. The molecule has 0 saturated carbocycles. The van der Waals surface area contributed by atoms with E-state index < -0.39 is 0 Å². The zero-order valence-corrected chi connectivity index (χ0v) is 36.1. The molecule has 0 unspecified atom stereocenters. The first kappa shape index (κ1) is 39.3. The van der Waals surface area contributed by atoms with Crippen LogP contribution < -0.4 is 4.90 Å². The number of furan rings is 1. The van der Waals surface area contributed by atoms with Crippen LogP contribution >= 0.6 is 0 Å². The third kappa shape index (κ3) is 7.18. The van der Waals surface area contributed by atoms with Crippen LogP contribution in [-0.4, -0.2) is 4.57 Å². The van der Waals surface area contributed by atoms with Gasteiger partial charge in [-0.3, -0.25) is 0 Å². The SMILES string of the molecule is C/C=C(/c1ccc(N(c2ccc(-c3ccccc3)cc2)c2ccc3cc(-c4ccc5c(c4)c4ccccc4n5-c4ccccc4)ccc3c2)cc1)c1oc2ccccc2c1C.CC. The number of fused-ring (bicyclic) bond motifs is 5. The van der Waals surface area contributed by atoms with E-state index in [1.54, 1.807) is 0 Å². The van der Waals surface area contributed by atoms with E-state index in [0.717, 1.165) is 50.5 Å². The number of hydrogen-bond acceptors (Lipinski definition) is 2. The minimum atomic E-state index is 0.910. The first-order valence-corrected chi connectivity index (χ1v) is 21.9. The van der Waals surface area contributed by atoms with Crippen molar-refractivity contribution in [3.8, 4) is 27.9 Å². The molecule has 11 rings (SSSR count). The maximum atomic E-state index is 6.42. The Bertz CT molecular complexity index is 3410. The Balaban J connectivity index is 0.00000232. The minimum absolute atomic E-state index is 0.910. The summed E-state index contributed by atoms with van der Waals surface area (Å²) in [5.41, 5.74) is 15.9. The van der Waals surface area contributed by atoms with Gasteiger partial charge in [0.1, 0.15) is 11.3 Å². The molecule has 3 heteroatoms. The van der Waals surface area contributed by atoms with Gasteiger partial charge in [0.25, 0.3) is 0 Å². The zero-order valence-electron chi connectivity index (χ0n) is 36.1. The van der Waals surface area contributed by atoms with Gasteiger partial charge in [-0.15, -0.1) is 0 Å². The maximum absolute atomic E-state index is 6.42. The van der Waals surface area contributed by atoms with Crippen molar-refractivity contribution in [1.82, 2.24) is 4.57 Å². The third-order valence-electron chi connectivity index (χ3n) is 12.1. The Hall–Kier alpha value is -7.88. The summed E-state index contributed by atoms with van der Waals surface area (Å²) in [5, 5.41) is 6.03. The lowest BCUT2D eigenvalue weighted by molar-refractivity contribution is 0.597. The van der Waals surface area contributed by atoms with Crippen molar-refractivity contribution in [3.05, 3.63) is 235 Å². The number of aryl methyl sites for hydroxylation is 1. The molecule has 0 radical (unpaired) electrons. The van der Waals surface area contributed by atoms with E-state index in [0.29, 0.717) is 0 Å². The van der Waals surface area contributed by atoms with Gasteiger partial charge in [-0.05, 0) is 131 Å². The number of para-hydroxylation sites is 3. The summed E-state index contributed by atoms with van der Waals surface area (Å²) in [6, 6.07) is 76.5. The first-order chi connectivity index (χ1) is 31.1. The minimum Gasteiger partial charge on any atom is -0.456 e. The van der Waals surface area contributed by atoms with Gasteiger partial charge in [0, 0.05) is 50.0 Å². The van der Waals surface area contributed by atoms with E-state index in [1.807, 2.05) is 26.0 Å². The van der Waals surface area contributed by atoms with Crippen molar-refractivity contribution in [2.24, 2.45) is 0 Å². The van der Waals surface area contributed by atoms with Crippen molar-refractivity contribution >= 4 is 66.2 Å². The molecular formula is C60H48N2O. The highest BCUT2D eigenvalue weighted by Gasteiger charge is 2.19. The first-order valence-electron chi connectivity index (χ1n) is 21.9. The van der Waals surface area contributed by atoms with Crippen LogP contribution in [0, 0.1) is 6.92 Å². The van der Waals surface area contributed by atoms with Crippen LogP contribution in [0.2, 0.25) is 0 Å². The Morgan fingerprint density at radius 1 is 0.460 bits per heavy atom. The molecule has 0 amide bonds. The molecule has 9 aromatic carbocycles. The van der Waals surface area contributed by atoms with E-state index in [-0.39, 0.29) is 0 Å². The van der Waals surface area contributed by atoms with Gasteiger partial charge in [-0.25, -0.2) is 0 Å². The van der Waals surface area contributed by atoms with E-state index in [1.165, 1.54) is 60.5 Å². The van der Waals surface area contributed by atoms with Crippen LogP contribution in [0.3, 0.4) is 0 Å². The third-order valence-corrected chi connectivity index (χ3v) is 12.1. The highest BCUT2D eigenvalue weighted by molar-refractivity contribution is 6.10. The molecule has 0 aliphatic carbocycles. The smallest absolute Gasteiger partial charge is 0.138 e. The monoisotopic (exact) mass is 812 g/mol. The molecule has 0 N–H and O–H groups in total. The molecular weight excluding hydrogens is 765 g/mol. The Labute approximate surface area is 369 Å². The Morgan fingerprint density at radius 2 is 1.00 bits per heavy atom. The molecule has 3 nitrogen and oxygen atoms in total. The fraction of sp³-hybridized carbons (Fsp3) is 0.0667. The standard InChI is InChI=1S/C58H42N2O.C2H6/c1-3-51(58-39(2)52-18-11-13-21-57(52)61-58)42-26-32-49(33-27-42)59(48-30-24-41(25-31-48)40-14-6-4-7-15-40)50-34-28-44-36-43(22-23-45(44)37-50)46-29-35-56-54(38-46)53-19-10-12-20-55(53)60(56)47-16-8-5-9-17-47;1-2/h3-38H,1-2H3;1-2H3/b51-3-;. The van der Waals surface area contributed by atoms with Crippen molar-refractivity contribution in [3.63, 3.8) is 0 Å². The largest absolute Gasteiger partial charge is 0.456 e. The lowest BCUT2D eigenvalue weighted by atomic mass is 9.98. The number of nitrogens with zero attached hydrogens (tertiary/aromatic N) is 2. The Kier molecular flexibility index (Phi) is 10.5. The summed E-state index contributed by atoms with van der Waals surface area (Å²) in [5.74, 6) is 0.914. The average molecular weight is 813 g/mol. The van der Waals surface area contributed by atoms with Gasteiger partial charge in [-0.2, -0.15) is 0 Å². The molecule has 0 saturated heterocycles.